The summed E-state index contributed by atoms with van der Waals surface area (Å²) in [5.41, 5.74) is 3.01. The van der Waals surface area contributed by atoms with E-state index in [9.17, 15) is 45.1 Å². The minimum Gasteiger partial charge on any atom is -0.366 e. The third-order valence-electron chi connectivity index (χ3n) is 7.56. The Labute approximate surface area is 247 Å². The molecule has 2 atom stereocenters. The van der Waals surface area contributed by atoms with E-state index in [1.54, 1.807) is 6.92 Å². The first-order valence-corrected chi connectivity index (χ1v) is 13.3. The number of nitrogens with two attached hydrogens (primary N) is 1. The van der Waals surface area contributed by atoms with E-state index >= 15 is 0 Å². The lowest BCUT2D eigenvalue weighted by Crippen LogP contribution is -2.48. The van der Waals surface area contributed by atoms with Crippen molar-refractivity contribution in [2.45, 2.75) is 38.2 Å². The number of halogens is 7. The van der Waals surface area contributed by atoms with Crippen molar-refractivity contribution in [2.24, 2.45) is 11.7 Å². The molecule has 2 heterocycles. The minimum absolute atomic E-state index is 0.0106. The van der Waals surface area contributed by atoms with Crippen LogP contribution in [-0.4, -0.2) is 52.6 Å². The van der Waals surface area contributed by atoms with Gasteiger partial charge in [-0.2, -0.15) is 26.3 Å². The van der Waals surface area contributed by atoms with Gasteiger partial charge in [-0.05, 0) is 72.5 Å². The number of piperidine rings is 1. The summed E-state index contributed by atoms with van der Waals surface area (Å²) < 4.78 is 94.2. The zero-order chi connectivity index (χ0) is 32.6. The highest BCUT2D eigenvalue weighted by molar-refractivity contribution is 5.95. The van der Waals surface area contributed by atoms with Crippen LogP contribution >= 0.6 is 0 Å². The Morgan fingerprint density at radius 2 is 1.61 bits per heavy atom. The van der Waals surface area contributed by atoms with Crippen LogP contribution < -0.4 is 5.73 Å². The number of aryl methyl sites for hydroxylation is 1. The number of aromatic nitrogens is 1. The van der Waals surface area contributed by atoms with Gasteiger partial charge in [0, 0.05) is 44.7 Å². The molecule has 4 rings (SSSR count). The number of carbonyl (C=O) groups excluding carboxylic acids is 3. The third-order valence-corrected chi connectivity index (χ3v) is 7.56. The van der Waals surface area contributed by atoms with Gasteiger partial charge < -0.3 is 15.5 Å². The van der Waals surface area contributed by atoms with Crippen molar-refractivity contribution in [1.29, 1.82) is 0 Å². The molecule has 1 aliphatic heterocycles. The van der Waals surface area contributed by atoms with Crippen molar-refractivity contribution in [1.82, 2.24) is 14.8 Å². The number of pyridine rings is 1. The second-order valence-corrected chi connectivity index (χ2v) is 10.7. The van der Waals surface area contributed by atoms with Gasteiger partial charge in [-0.15, -0.1) is 0 Å². The van der Waals surface area contributed by atoms with E-state index in [1.165, 1.54) is 42.3 Å². The molecule has 0 unspecified atom stereocenters. The van der Waals surface area contributed by atoms with Crippen LogP contribution in [0, 0.1) is 18.7 Å². The molecule has 2 aromatic carbocycles. The summed E-state index contributed by atoms with van der Waals surface area (Å²) in [6.45, 7) is 1.13. The average molecular weight is 625 g/mol. The van der Waals surface area contributed by atoms with Gasteiger partial charge in [-0.25, -0.2) is 4.39 Å². The van der Waals surface area contributed by atoms with Gasteiger partial charge in [0.15, 0.2) is 0 Å². The molecule has 1 fully saturated rings. The van der Waals surface area contributed by atoms with Crippen LogP contribution in [-0.2, 0) is 23.7 Å². The highest BCUT2D eigenvalue weighted by atomic mass is 19.4. The molecule has 1 saturated heterocycles. The van der Waals surface area contributed by atoms with Crippen LogP contribution in [0.5, 0.6) is 0 Å². The Balaban J connectivity index is 1.63. The summed E-state index contributed by atoms with van der Waals surface area (Å²) in [6, 6.07) is 7.75. The number of rotatable bonds is 6. The molecule has 0 radical (unpaired) electrons. The molecular weight excluding hydrogens is 597 g/mol. The highest BCUT2D eigenvalue weighted by Crippen LogP contribution is 2.38. The van der Waals surface area contributed by atoms with Gasteiger partial charge in [0.05, 0.1) is 16.7 Å². The maximum absolute atomic E-state index is 13.9. The topological polar surface area (TPSA) is 96.6 Å². The minimum atomic E-state index is -5.04. The van der Waals surface area contributed by atoms with E-state index in [1.807, 2.05) is 0 Å². The Hall–Kier alpha value is -4.49. The first-order chi connectivity index (χ1) is 20.5. The molecule has 44 heavy (non-hydrogen) atoms. The summed E-state index contributed by atoms with van der Waals surface area (Å²) in [6.07, 6.45) is -8.84. The Morgan fingerprint density at radius 3 is 2.14 bits per heavy atom. The van der Waals surface area contributed by atoms with E-state index in [2.05, 4.69) is 4.98 Å². The Bertz CT molecular complexity index is 1540. The van der Waals surface area contributed by atoms with Gasteiger partial charge in [-0.3, -0.25) is 19.4 Å². The van der Waals surface area contributed by atoms with Crippen LogP contribution in [0.3, 0.4) is 0 Å². The van der Waals surface area contributed by atoms with Crippen molar-refractivity contribution in [3.8, 4) is 0 Å². The zero-order valence-electron chi connectivity index (χ0n) is 23.5. The Morgan fingerprint density at radius 1 is 0.977 bits per heavy atom. The SMILES string of the molecule is Cc1cc(F)ccc1[C@@H]1CN(C(=O)c2ccc(C(N)=O)cn2)CC[C@H]1C(=O)N(C)Cc1cc(C(F)(F)F)cc(C(F)(F)F)c1. The molecule has 3 amide bonds. The zero-order valence-corrected chi connectivity index (χ0v) is 23.5. The van der Waals surface area contributed by atoms with Crippen LogP contribution in [0.15, 0.2) is 54.7 Å². The van der Waals surface area contributed by atoms with Crippen molar-refractivity contribution in [2.75, 3.05) is 20.1 Å². The highest BCUT2D eigenvalue weighted by Gasteiger charge is 2.40. The number of amides is 3. The summed E-state index contributed by atoms with van der Waals surface area (Å²) in [7, 11) is 1.27. The van der Waals surface area contributed by atoms with Crippen molar-refractivity contribution in [3.05, 3.63) is 99.6 Å². The molecule has 1 aliphatic rings. The maximum Gasteiger partial charge on any atom is 0.416 e. The number of carbonyl (C=O) groups is 3. The Kier molecular flexibility index (Phi) is 9.03. The summed E-state index contributed by atoms with van der Waals surface area (Å²) >= 11 is 0. The summed E-state index contributed by atoms with van der Waals surface area (Å²) in [5, 5.41) is 0. The molecule has 7 nitrogen and oxygen atoms in total. The first-order valence-electron chi connectivity index (χ1n) is 13.3. The van der Waals surface area contributed by atoms with Gasteiger partial charge in [0.2, 0.25) is 11.8 Å². The quantitative estimate of drug-likeness (QED) is 0.363. The molecule has 0 bridgehead atoms. The normalized spacial score (nSPS) is 17.3. The number of hydrogen-bond donors (Lipinski definition) is 1. The lowest BCUT2D eigenvalue weighted by molar-refractivity contribution is -0.143. The fraction of sp³-hybridized carbons (Fsp3) is 0.333. The van der Waals surface area contributed by atoms with Crippen LogP contribution in [0.2, 0.25) is 0 Å². The van der Waals surface area contributed by atoms with E-state index in [0.717, 1.165) is 11.1 Å². The van der Waals surface area contributed by atoms with Crippen LogP contribution in [0.4, 0.5) is 30.7 Å². The van der Waals surface area contributed by atoms with Crippen molar-refractivity contribution in [3.63, 3.8) is 0 Å². The van der Waals surface area contributed by atoms with Crippen LogP contribution in [0.1, 0.15) is 61.0 Å². The van der Waals surface area contributed by atoms with Crippen molar-refractivity contribution >= 4 is 17.7 Å². The smallest absolute Gasteiger partial charge is 0.366 e. The fourth-order valence-electron chi connectivity index (χ4n) is 5.38. The summed E-state index contributed by atoms with van der Waals surface area (Å²) in [5.74, 6) is -3.87. The molecule has 3 aromatic rings. The van der Waals surface area contributed by atoms with E-state index in [-0.39, 0.29) is 42.4 Å². The van der Waals surface area contributed by atoms with Crippen molar-refractivity contribution < 1.29 is 45.1 Å². The average Bonchev–Trinajstić information content (AvgIpc) is 2.95. The molecule has 234 valence electrons. The largest absolute Gasteiger partial charge is 0.416 e. The van der Waals surface area contributed by atoms with E-state index < -0.39 is 65.4 Å². The van der Waals surface area contributed by atoms with Gasteiger partial charge >= 0.3 is 12.4 Å². The third kappa shape index (κ3) is 7.17. The predicted molar refractivity (Wildman–Crippen MR) is 144 cm³/mol. The molecule has 1 aromatic heterocycles. The standard InChI is InChI=1S/C30H27F7N4O3/c1-16-9-21(31)4-5-22(16)24-15-41(28(44)25-6-3-18(13-39-25)26(38)42)8-7-23(24)27(43)40(2)14-17-10-19(29(32,33)34)12-20(11-17)30(35,36)37/h3-6,9-13,23-24H,7-8,14-15H2,1-2H3,(H2,38,42)/t23-,24+/m1/s1. The molecule has 2 N–H and O–H groups in total. The molecule has 0 aliphatic carbocycles. The molecule has 0 spiro atoms. The number of alkyl halides is 6. The first kappa shape index (κ1) is 32.4. The fourth-order valence-corrected chi connectivity index (χ4v) is 5.38. The molecule has 0 saturated carbocycles. The predicted octanol–water partition coefficient (Wildman–Crippen LogP) is 5.57. The summed E-state index contributed by atoms with van der Waals surface area (Å²) in [4.78, 5) is 44.8. The van der Waals surface area contributed by atoms with Gasteiger partial charge in [0.1, 0.15) is 11.5 Å². The number of benzene rings is 2. The van der Waals surface area contributed by atoms with Gasteiger partial charge in [-0.1, -0.05) is 6.07 Å². The maximum atomic E-state index is 13.9. The lowest BCUT2D eigenvalue weighted by Gasteiger charge is -2.40. The number of nitrogens with zero attached hydrogens (tertiary/aromatic N) is 3. The number of likely N-dealkylation sites (tertiary alicyclic amines) is 1. The lowest BCUT2D eigenvalue weighted by atomic mass is 9.78. The second kappa shape index (κ2) is 12.2. The second-order valence-electron chi connectivity index (χ2n) is 10.7. The molecular formula is C30H27F7N4O3. The van der Waals surface area contributed by atoms with E-state index in [4.69, 9.17) is 5.73 Å². The number of hydrogen-bond acceptors (Lipinski definition) is 4. The monoisotopic (exact) mass is 624 g/mol. The number of primary amides is 1. The van der Waals surface area contributed by atoms with E-state index in [0.29, 0.717) is 23.3 Å². The van der Waals surface area contributed by atoms with Crippen LogP contribution in [0.25, 0.3) is 0 Å². The molecule has 14 heteroatoms. The van der Waals surface area contributed by atoms with Gasteiger partial charge in [0.25, 0.3) is 5.91 Å².